The topological polar surface area (TPSA) is 61.8 Å². The van der Waals surface area contributed by atoms with Gasteiger partial charge in [-0.05, 0) is 44.9 Å². The summed E-state index contributed by atoms with van der Waals surface area (Å²) >= 11 is 0. The van der Waals surface area contributed by atoms with E-state index in [9.17, 15) is 9.59 Å². The van der Waals surface area contributed by atoms with Crippen LogP contribution < -0.4 is 4.74 Å². The van der Waals surface area contributed by atoms with Crippen molar-refractivity contribution in [3.63, 3.8) is 0 Å². The van der Waals surface area contributed by atoms with E-state index in [2.05, 4.69) is 6.58 Å². The molecule has 0 aliphatic heterocycles. The van der Waals surface area contributed by atoms with Crippen molar-refractivity contribution >= 4 is 11.9 Å². The van der Waals surface area contributed by atoms with Crippen molar-refractivity contribution in [2.45, 2.75) is 39.2 Å². The minimum atomic E-state index is -0.581. The van der Waals surface area contributed by atoms with Crippen molar-refractivity contribution in [1.82, 2.24) is 0 Å². The first-order valence-electron chi connectivity index (χ1n) is 7.87. The van der Waals surface area contributed by atoms with Crippen molar-refractivity contribution in [3.05, 3.63) is 42.5 Å². The number of methoxy groups -OCH3 is 1. The lowest BCUT2D eigenvalue weighted by atomic mass is 9.96. The Morgan fingerprint density at radius 3 is 2.33 bits per heavy atom. The van der Waals surface area contributed by atoms with Crippen molar-refractivity contribution < 1.29 is 23.8 Å². The molecule has 0 aliphatic carbocycles. The lowest BCUT2D eigenvalue weighted by Gasteiger charge is -2.21. The fourth-order valence-corrected chi connectivity index (χ4v) is 2.15. The normalized spacial score (nSPS) is 12.2. The van der Waals surface area contributed by atoms with E-state index in [1.807, 2.05) is 24.3 Å². The van der Waals surface area contributed by atoms with Crippen molar-refractivity contribution in [3.8, 4) is 5.75 Å². The summed E-state index contributed by atoms with van der Waals surface area (Å²) in [5.74, 6) is -0.693. The zero-order valence-corrected chi connectivity index (χ0v) is 14.8. The van der Waals surface area contributed by atoms with Gasteiger partial charge in [0, 0.05) is 0 Å². The Hall–Kier alpha value is -2.30. The summed E-state index contributed by atoms with van der Waals surface area (Å²) in [6, 6.07) is 7.37. The van der Waals surface area contributed by atoms with Crippen LogP contribution in [0.4, 0.5) is 0 Å². The average Bonchev–Trinajstić information content (AvgIpc) is 2.51. The van der Waals surface area contributed by atoms with Crippen LogP contribution >= 0.6 is 0 Å². The Labute approximate surface area is 143 Å². The third-order valence-corrected chi connectivity index (χ3v) is 3.14. The van der Waals surface area contributed by atoms with E-state index >= 15 is 0 Å². The molecule has 1 unspecified atom stereocenters. The summed E-state index contributed by atoms with van der Waals surface area (Å²) in [4.78, 5) is 24.0. The maximum atomic E-state index is 12.0. The second-order valence-electron chi connectivity index (χ2n) is 6.46. The van der Waals surface area contributed by atoms with Gasteiger partial charge in [0.05, 0.1) is 19.4 Å². The van der Waals surface area contributed by atoms with Gasteiger partial charge in [-0.2, -0.15) is 0 Å². The Kier molecular flexibility index (Phi) is 7.49. The molecule has 1 aromatic rings. The number of hydrogen-bond donors (Lipinski definition) is 0. The van der Waals surface area contributed by atoms with E-state index in [-0.39, 0.29) is 6.42 Å². The highest BCUT2D eigenvalue weighted by atomic mass is 16.6. The van der Waals surface area contributed by atoms with Gasteiger partial charge in [0.2, 0.25) is 0 Å². The molecule has 0 radical (unpaired) electrons. The van der Waals surface area contributed by atoms with Gasteiger partial charge in [0.1, 0.15) is 18.0 Å². The zero-order valence-electron chi connectivity index (χ0n) is 14.8. The number of hydrogen-bond acceptors (Lipinski definition) is 5. The molecule has 5 heteroatoms. The molecule has 0 bridgehead atoms. The molecule has 132 valence electrons. The van der Waals surface area contributed by atoms with Crippen molar-refractivity contribution in [1.29, 1.82) is 0 Å². The first kappa shape index (κ1) is 19.7. The van der Waals surface area contributed by atoms with Gasteiger partial charge in [-0.15, -0.1) is 0 Å². The number of benzene rings is 1. The molecule has 0 N–H and O–H groups in total. The van der Waals surface area contributed by atoms with Crippen LogP contribution in [0.25, 0.3) is 0 Å². The van der Waals surface area contributed by atoms with E-state index in [0.717, 1.165) is 11.3 Å². The summed E-state index contributed by atoms with van der Waals surface area (Å²) in [5.41, 5.74) is 0.335. The highest BCUT2D eigenvalue weighted by Crippen LogP contribution is 2.20. The second-order valence-corrected chi connectivity index (χ2v) is 6.46. The van der Waals surface area contributed by atoms with Gasteiger partial charge in [0.15, 0.2) is 0 Å². The predicted molar refractivity (Wildman–Crippen MR) is 91.8 cm³/mol. The van der Waals surface area contributed by atoms with Gasteiger partial charge in [-0.25, -0.2) is 0 Å². The molecule has 0 amide bonds. The Morgan fingerprint density at radius 1 is 1.21 bits per heavy atom. The first-order chi connectivity index (χ1) is 11.2. The second kappa shape index (κ2) is 9.11. The average molecular weight is 334 g/mol. The van der Waals surface area contributed by atoms with Crippen LogP contribution in [-0.4, -0.2) is 31.3 Å². The Balaban J connectivity index is 2.73. The van der Waals surface area contributed by atoms with Crippen molar-refractivity contribution in [2.24, 2.45) is 5.92 Å². The molecular formula is C19H26O5. The van der Waals surface area contributed by atoms with E-state index < -0.39 is 23.5 Å². The Morgan fingerprint density at radius 2 is 1.83 bits per heavy atom. The molecule has 0 spiro atoms. The summed E-state index contributed by atoms with van der Waals surface area (Å²) < 4.78 is 15.5. The fraction of sp³-hybridized carbons (Fsp3) is 0.474. The molecular weight excluding hydrogens is 308 g/mol. The first-order valence-corrected chi connectivity index (χ1v) is 7.87. The molecule has 1 atom stereocenters. The van der Waals surface area contributed by atoms with Gasteiger partial charge < -0.3 is 14.2 Å². The van der Waals surface area contributed by atoms with E-state index in [4.69, 9.17) is 14.2 Å². The van der Waals surface area contributed by atoms with Crippen LogP contribution in [0.1, 0.15) is 32.8 Å². The largest absolute Gasteiger partial charge is 0.490 e. The minimum absolute atomic E-state index is 0.0152. The number of esters is 2. The summed E-state index contributed by atoms with van der Waals surface area (Å²) in [5, 5.41) is 0. The van der Waals surface area contributed by atoms with Crippen LogP contribution in [0.2, 0.25) is 0 Å². The molecule has 0 fully saturated rings. The molecule has 1 aromatic carbocycles. The predicted octanol–water partition coefficient (Wildman–Crippen LogP) is 3.31. The standard InChI is InChI=1S/C19H26O5/c1-6-11-23-16-9-7-14(8-10-16)12-15(18(21)22-5)13-17(20)24-19(2,3)4/h6-10,15H,1,11-13H2,2-5H3. The lowest BCUT2D eigenvalue weighted by Crippen LogP contribution is -2.28. The van der Waals surface area contributed by atoms with Crippen LogP contribution in [0.5, 0.6) is 5.75 Å². The summed E-state index contributed by atoms with van der Waals surface area (Å²) in [6.07, 6.45) is 2.05. The number of carbonyl (C=O) groups is 2. The molecule has 0 heterocycles. The highest BCUT2D eigenvalue weighted by molar-refractivity contribution is 5.80. The molecule has 0 aliphatic rings. The van der Waals surface area contributed by atoms with Gasteiger partial charge in [-0.3, -0.25) is 9.59 Å². The number of rotatable bonds is 8. The third-order valence-electron chi connectivity index (χ3n) is 3.14. The monoisotopic (exact) mass is 334 g/mol. The molecule has 24 heavy (non-hydrogen) atoms. The van der Waals surface area contributed by atoms with Gasteiger partial charge >= 0.3 is 11.9 Å². The number of ether oxygens (including phenoxy) is 3. The van der Waals surface area contributed by atoms with Crippen LogP contribution in [0.15, 0.2) is 36.9 Å². The SMILES string of the molecule is C=CCOc1ccc(CC(CC(=O)OC(C)(C)C)C(=O)OC)cc1. The van der Waals surface area contributed by atoms with Crippen LogP contribution in [-0.2, 0) is 25.5 Å². The van der Waals surface area contributed by atoms with Gasteiger partial charge in [-0.1, -0.05) is 24.8 Å². The summed E-state index contributed by atoms with van der Waals surface area (Å²) in [7, 11) is 1.32. The van der Waals surface area contributed by atoms with Crippen molar-refractivity contribution in [2.75, 3.05) is 13.7 Å². The highest BCUT2D eigenvalue weighted by Gasteiger charge is 2.26. The van der Waals surface area contributed by atoms with E-state index in [1.165, 1.54) is 7.11 Å². The van der Waals surface area contributed by atoms with Crippen LogP contribution in [0.3, 0.4) is 0 Å². The fourth-order valence-electron chi connectivity index (χ4n) is 2.15. The molecule has 1 rings (SSSR count). The molecule has 5 nitrogen and oxygen atoms in total. The van der Waals surface area contributed by atoms with E-state index in [0.29, 0.717) is 13.0 Å². The lowest BCUT2D eigenvalue weighted by molar-refractivity contribution is -0.160. The van der Waals surface area contributed by atoms with E-state index in [1.54, 1.807) is 26.8 Å². The zero-order chi connectivity index (χ0) is 18.2. The van der Waals surface area contributed by atoms with Gasteiger partial charge in [0.25, 0.3) is 0 Å². The van der Waals surface area contributed by atoms with Crippen LogP contribution in [0, 0.1) is 5.92 Å². The quantitative estimate of drug-likeness (QED) is 0.539. The maximum Gasteiger partial charge on any atom is 0.309 e. The molecule has 0 saturated carbocycles. The smallest absolute Gasteiger partial charge is 0.309 e. The maximum absolute atomic E-state index is 12.0. The third kappa shape index (κ3) is 7.31. The molecule has 0 saturated heterocycles. The molecule has 0 aromatic heterocycles. The number of carbonyl (C=O) groups excluding carboxylic acids is 2. The Bertz CT molecular complexity index is 554. The minimum Gasteiger partial charge on any atom is -0.490 e. The summed E-state index contributed by atoms with van der Waals surface area (Å²) in [6.45, 7) is 9.40.